The maximum Gasteiger partial charge on any atom is 0.130 e. The zero-order valence-corrected chi connectivity index (χ0v) is 16.0. The van der Waals surface area contributed by atoms with Gasteiger partial charge in [0.15, 0.2) is 0 Å². The number of nitrogens with zero attached hydrogens (tertiary/aromatic N) is 2. The first kappa shape index (κ1) is 17.2. The van der Waals surface area contributed by atoms with Gasteiger partial charge in [-0.25, -0.2) is 9.97 Å². The molecular formula is C22H19N3OS. The van der Waals surface area contributed by atoms with E-state index in [4.69, 9.17) is 4.74 Å². The number of benzene rings is 2. The predicted molar refractivity (Wildman–Crippen MR) is 112 cm³/mol. The van der Waals surface area contributed by atoms with Crippen molar-refractivity contribution in [3.63, 3.8) is 0 Å². The molecule has 0 saturated carbocycles. The van der Waals surface area contributed by atoms with Crippen molar-refractivity contribution >= 4 is 22.8 Å². The van der Waals surface area contributed by atoms with Gasteiger partial charge in [0, 0.05) is 23.6 Å². The Balaban J connectivity index is 1.58. The van der Waals surface area contributed by atoms with Crippen molar-refractivity contribution in [2.24, 2.45) is 0 Å². The number of pyridine rings is 1. The van der Waals surface area contributed by atoms with Gasteiger partial charge in [-0.15, -0.1) is 11.3 Å². The lowest BCUT2D eigenvalue weighted by Gasteiger charge is -2.07. The van der Waals surface area contributed by atoms with Crippen LogP contribution in [0.5, 0.6) is 5.75 Å². The molecular weight excluding hydrogens is 354 g/mol. The minimum atomic E-state index is 0.843. The lowest BCUT2D eigenvalue weighted by atomic mass is 10.2. The Hall–Kier alpha value is -3.18. The monoisotopic (exact) mass is 373 g/mol. The highest BCUT2D eigenvalue weighted by Crippen LogP contribution is 2.34. The summed E-state index contributed by atoms with van der Waals surface area (Å²) in [7, 11) is 1.67. The number of ether oxygens (including phenoxy) is 1. The summed E-state index contributed by atoms with van der Waals surface area (Å²) in [4.78, 5) is 10.1. The fraction of sp³-hybridized carbons (Fsp3) is 0.0909. The lowest BCUT2D eigenvalue weighted by molar-refractivity contribution is 0.415. The van der Waals surface area contributed by atoms with E-state index >= 15 is 0 Å². The van der Waals surface area contributed by atoms with Crippen LogP contribution in [0.2, 0.25) is 0 Å². The number of hydrogen-bond acceptors (Lipinski definition) is 5. The van der Waals surface area contributed by atoms with Crippen LogP contribution in [-0.4, -0.2) is 17.1 Å². The first-order valence-electron chi connectivity index (χ1n) is 8.62. The van der Waals surface area contributed by atoms with Crippen LogP contribution in [0.25, 0.3) is 21.0 Å². The molecule has 1 N–H and O–H groups in total. The molecule has 0 aliphatic heterocycles. The van der Waals surface area contributed by atoms with Gasteiger partial charge >= 0.3 is 0 Å². The Morgan fingerprint density at radius 1 is 0.926 bits per heavy atom. The van der Waals surface area contributed by atoms with Crippen LogP contribution in [0, 0.1) is 6.92 Å². The van der Waals surface area contributed by atoms with Crippen molar-refractivity contribution in [1.29, 1.82) is 0 Å². The number of anilines is 2. The highest BCUT2D eigenvalue weighted by molar-refractivity contribution is 7.18. The molecule has 0 fully saturated rings. The third-order valence-corrected chi connectivity index (χ3v) is 5.27. The molecule has 2 heterocycles. The van der Waals surface area contributed by atoms with E-state index in [1.54, 1.807) is 18.4 Å². The molecule has 4 nitrogen and oxygen atoms in total. The smallest absolute Gasteiger partial charge is 0.130 e. The van der Waals surface area contributed by atoms with Crippen molar-refractivity contribution in [1.82, 2.24) is 9.97 Å². The average molecular weight is 373 g/mol. The molecule has 0 amide bonds. The lowest BCUT2D eigenvalue weighted by Crippen LogP contribution is -1.93. The van der Waals surface area contributed by atoms with Gasteiger partial charge in [-0.1, -0.05) is 12.1 Å². The Morgan fingerprint density at radius 2 is 1.78 bits per heavy atom. The Bertz CT molecular complexity index is 1060. The Kier molecular flexibility index (Phi) is 4.85. The fourth-order valence-corrected chi connectivity index (χ4v) is 3.70. The van der Waals surface area contributed by atoms with Crippen LogP contribution < -0.4 is 10.1 Å². The zero-order chi connectivity index (χ0) is 18.6. The summed E-state index contributed by atoms with van der Waals surface area (Å²) in [6, 6.07) is 20.3. The standard InChI is InChI=1S/C22H19N3OS/c1-15-10-11-23-21(12-15)25-18-5-3-4-17(13-18)20-14-24-22(27-20)16-6-8-19(26-2)9-7-16/h3-14H,1-2H3,(H,23,25). The number of rotatable bonds is 5. The zero-order valence-electron chi connectivity index (χ0n) is 15.1. The van der Waals surface area contributed by atoms with Gasteiger partial charge in [0.05, 0.1) is 12.0 Å². The van der Waals surface area contributed by atoms with E-state index in [9.17, 15) is 0 Å². The number of hydrogen-bond donors (Lipinski definition) is 1. The first-order valence-corrected chi connectivity index (χ1v) is 9.43. The molecule has 0 aliphatic rings. The topological polar surface area (TPSA) is 47.0 Å². The summed E-state index contributed by atoms with van der Waals surface area (Å²) in [6.45, 7) is 2.06. The van der Waals surface area contributed by atoms with Crippen molar-refractivity contribution in [2.75, 3.05) is 12.4 Å². The van der Waals surface area contributed by atoms with Crippen molar-refractivity contribution in [3.05, 3.63) is 78.6 Å². The number of thiazole rings is 1. The molecule has 0 unspecified atom stereocenters. The highest BCUT2D eigenvalue weighted by atomic mass is 32.1. The molecule has 4 aromatic rings. The average Bonchev–Trinajstić information content (AvgIpc) is 3.19. The third-order valence-electron chi connectivity index (χ3n) is 4.18. The largest absolute Gasteiger partial charge is 0.497 e. The molecule has 0 radical (unpaired) electrons. The Labute approximate surface area is 162 Å². The second kappa shape index (κ2) is 7.60. The maximum absolute atomic E-state index is 5.22. The van der Waals surface area contributed by atoms with E-state index in [0.29, 0.717) is 0 Å². The number of aryl methyl sites for hydroxylation is 1. The van der Waals surface area contributed by atoms with Gasteiger partial charge in [-0.2, -0.15) is 0 Å². The molecule has 0 bridgehead atoms. The van der Waals surface area contributed by atoms with Crippen LogP contribution in [0.1, 0.15) is 5.56 Å². The van der Waals surface area contributed by atoms with Crippen molar-refractivity contribution < 1.29 is 4.74 Å². The number of nitrogens with one attached hydrogen (secondary N) is 1. The molecule has 0 atom stereocenters. The summed E-state index contributed by atoms with van der Waals surface area (Å²) in [6.07, 6.45) is 3.74. The van der Waals surface area contributed by atoms with E-state index in [1.165, 1.54) is 5.56 Å². The molecule has 0 spiro atoms. The van der Waals surface area contributed by atoms with Crippen molar-refractivity contribution in [3.8, 4) is 26.8 Å². The molecule has 27 heavy (non-hydrogen) atoms. The van der Waals surface area contributed by atoms with E-state index in [2.05, 4.69) is 34.3 Å². The summed E-state index contributed by atoms with van der Waals surface area (Å²) in [5, 5.41) is 4.36. The van der Waals surface area contributed by atoms with Crippen LogP contribution in [0.4, 0.5) is 11.5 Å². The van der Waals surface area contributed by atoms with Crippen LogP contribution in [0.15, 0.2) is 73.1 Å². The molecule has 0 saturated heterocycles. The van der Waals surface area contributed by atoms with Crippen LogP contribution in [0.3, 0.4) is 0 Å². The van der Waals surface area contributed by atoms with Gasteiger partial charge in [0.25, 0.3) is 0 Å². The summed E-state index contributed by atoms with van der Waals surface area (Å²) >= 11 is 1.67. The van der Waals surface area contributed by atoms with E-state index in [1.807, 2.05) is 60.9 Å². The minimum absolute atomic E-state index is 0.843. The van der Waals surface area contributed by atoms with E-state index < -0.39 is 0 Å². The van der Waals surface area contributed by atoms with Crippen LogP contribution >= 0.6 is 11.3 Å². The van der Waals surface area contributed by atoms with E-state index in [0.717, 1.165) is 38.3 Å². The maximum atomic E-state index is 5.22. The van der Waals surface area contributed by atoms with Gasteiger partial charge in [0.1, 0.15) is 16.6 Å². The third kappa shape index (κ3) is 3.99. The van der Waals surface area contributed by atoms with Crippen molar-refractivity contribution in [2.45, 2.75) is 6.92 Å². The fourth-order valence-electron chi connectivity index (χ4n) is 2.78. The summed E-state index contributed by atoms with van der Waals surface area (Å²) in [5.41, 5.74) is 4.40. The second-order valence-electron chi connectivity index (χ2n) is 6.18. The first-order chi connectivity index (χ1) is 13.2. The molecule has 134 valence electrons. The van der Waals surface area contributed by atoms with E-state index in [-0.39, 0.29) is 0 Å². The molecule has 4 rings (SSSR count). The van der Waals surface area contributed by atoms with Gasteiger partial charge < -0.3 is 10.1 Å². The van der Waals surface area contributed by atoms with Gasteiger partial charge in [-0.3, -0.25) is 0 Å². The van der Waals surface area contributed by atoms with Gasteiger partial charge in [-0.05, 0) is 66.6 Å². The molecule has 5 heteroatoms. The van der Waals surface area contributed by atoms with Crippen LogP contribution in [-0.2, 0) is 0 Å². The second-order valence-corrected chi connectivity index (χ2v) is 7.21. The number of methoxy groups -OCH3 is 1. The number of aromatic nitrogens is 2. The molecule has 0 aliphatic carbocycles. The summed E-state index contributed by atoms with van der Waals surface area (Å²) in [5.74, 6) is 1.69. The van der Waals surface area contributed by atoms with Gasteiger partial charge in [0.2, 0.25) is 0 Å². The highest BCUT2D eigenvalue weighted by Gasteiger charge is 2.08. The predicted octanol–water partition coefficient (Wildman–Crippen LogP) is 5.93. The SMILES string of the molecule is COc1ccc(-c2ncc(-c3cccc(Nc4cc(C)ccn4)c3)s2)cc1. The Morgan fingerprint density at radius 3 is 2.56 bits per heavy atom. The normalized spacial score (nSPS) is 10.6. The summed E-state index contributed by atoms with van der Waals surface area (Å²) < 4.78 is 5.22. The quantitative estimate of drug-likeness (QED) is 0.471. The molecule has 2 aromatic carbocycles. The minimum Gasteiger partial charge on any atom is -0.497 e. The molecule has 2 aromatic heterocycles.